The predicted molar refractivity (Wildman–Crippen MR) is 65.9 cm³/mol. The van der Waals surface area contributed by atoms with Gasteiger partial charge in [-0.2, -0.15) is 0 Å². The summed E-state index contributed by atoms with van der Waals surface area (Å²) in [6.07, 6.45) is 0.819. The van der Waals surface area contributed by atoms with E-state index < -0.39 is 0 Å². The second kappa shape index (κ2) is 4.67. The summed E-state index contributed by atoms with van der Waals surface area (Å²) in [6, 6.07) is 5.36. The van der Waals surface area contributed by atoms with Crippen LogP contribution >= 0.6 is 0 Å². The molecule has 4 nitrogen and oxygen atoms in total. The molecule has 1 aromatic rings. The fraction of sp³-hybridized carbons (Fsp3) is 0.385. The fourth-order valence-corrected chi connectivity index (χ4v) is 1.92. The van der Waals surface area contributed by atoms with Crippen LogP contribution in [0.4, 0.5) is 5.69 Å². The first kappa shape index (κ1) is 11.8. The maximum atomic E-state index is 11.9. The molecule has 4 heteroatoms. The molecule has 90 valence electrons. The Bertz CT molecular complexity index is 468. The van der Waals surface area contributed by atoms with Gasteiger partial charge in [-0.1, -0.05) is 6.92 Å². The number of nitrogens with two attached hydrogens (primary N) is 1. The van der Waals surface area contributed by atoms with Crippen molar-refractivity contribution in [3.8, 4) is 0 Å². The standard InChI is InChI=1S/C13H16N2O2/c1-8(7-14)4-12(16)9-2-3-11-10(5-9)6-13(17)15-11/h2-3,5,8H,4,6-7,14H2,1H3,(H,15,17). The maximum absolute atomic E-state index is 11.9. The molecule has 0 radical (unpaired) electrons. The van der Waals surface area contributed by atoms with Gasteiger partial charge in [-0.3, -0.25) is 9.59 Å². The minimum atomic E-state index is -0.0140. The Morgan fingerprint density at radius 2 is 2.29 bits per heavy atom. The third kappa shape index (κ3) is 2.53. The Kier molecular flexibility index (Phi) is 3.24. The molecule has 0 bridgehead atoms. The van der Waals surface area contributed by atoms with Crippen molar-refractivity contribution in [2.75, 3.05) is 11.9 Å². The number of anilines is 1. The van der Waals surface area contributed by atoms with E-state index in [9.17, 15) is 9.59 Å². The normalized spacial score (nSPS) is 15.3. The van der Waals surface area contributed by atoms with Gasteiger partial charge in [0, 0.05) is 17.7 Å². The second-order valence-corrected chi connectivity index (χ2v) is 4.57. The van der Waals surface area contributed by atoms with Crippen molar-refractivity contribution < 1.29 is 9.59 Å². The van der Waals surface area contributed by atoms with Crippen LogP contribution in [-0.4, -0.2) is 18.2 Å². The molecule has 1 amide bonds. The Balaban J connectivity index is 2.16. The molecule has 1 aromatic carbocycles. The fourth-order valence-electron chi connectivity index (χ4n) is 1.92. The lowest BCUT2D eigenvalue weighted by Gasteiger charge is -2.08. The molecule has 0 spiro atoms. The summed E-state index contributed by atoms with van der Waals surface area (Å²) in [5, 5.41) is 2.75. The average molecular weight is 232 g/mol. The molecule has 17 heavy (non-hydrogen) atoms. The van der Waals surface area contributed by atoms with Crippen LogP contribution in [0.3, 0.4) is 0 Å². The molecule has 0 fully saturated rings. The molecule has 3 N–H and O–H groups in total. The predicted octanol–water partition coefficient (Wildman–Crippen LogP) is 1.35. The van der Waals surface area contributed by atoms with Gasteiger partial charge in [-0.25, -0.2) is 0 Å². The quantitative estimate of drug-likeness (QED) is 0.770. The molecule has 2 rings (SSSR count). The SMILES string of the molecule is CC(CN)CC(=O)c1ccc2c(c1)CC(=O)N2. The zero-order chi connectivity index (χ0) is 12.4. The van der Waals surface area contributed by atoms with Gasteiger partial charge < -0.3 is 11.1 Å². The van der Waals surface area contributed by atoms with Gasteiger partial charge in [0.25, 0.3) is 0 Å². The summed E-state index contributed by atoms with van der Waals surface area (Å²) in [7, 11) is 0. The lowest BCUT2D eigenvalue weighted by molar-refractivity contribution is -0.115. The van der Waals surface area contributed by atoms with Crippen molar-refractivity contribution in [2.24, 2.45) is 11.7 Å². The number of carbonyl (C=O) groups excluding carboxylic acids is 2. The van der Waals surface area contributed by atoms with E-state index in [4.69, 9.17) is 5.73 Å². The number of fused-ring (bicyclic) bond motifs is 1. The average Bonchev–Trinajstić information content (AvgIpc) is 2.67. The first-order valence-electron chi connectivity index (χ1n) is 5.76. The number of hydrogen-bond acceptors (Lipinski definition) is 3. The van der Waals surface area contributed by atoms with Gasteiger partial charge in [0.2, 0.25) is 5.91 Å². The monoisotopic (exact) mass is 232 g/mol. The number of amides is 1. The van der Waals surface area contributed by atoms with Crippen LogP contribution in [0.25, 0.3) is 0 Å². The Labute approximate surface area is 100 Å². The van der Waals surface area contributed by atoms with E-state index in [2.05, 4.69) is 5.32 Å². The molecule has 0 aromatic heterocycles. The van der Waals surface area contributed by atoms with Gasteiger partial charge in [0.15, 0.2) is 5.78 Å². The summed E-state index contributed by atoms with van der Waals surface area (Å²) in [4.78, 5) is 23.1. The lowest BCUT2D eigenvalue weighted by Crippen LogP contribution is -2.15. The Morgan fingerprint density at radius 3 is 3.00 bits per heavy atom. The van der Waals surface area contributed by atoms with Crippen molar-refractivity contribution in [2.45, 2.75) is 19.8 Å². The van der Waals surface area contributed by atoms with E-state index in [1.165, 1.54) is 0 Å². The highest BCUT2D eigenvalue weighted by molar-refractivity contribution is 6.02. The number of benzene rings is 1. The number of carbonyl (C=O) groups is 2. The van der Waals surface area contributed by atoms with E-state index in [-0.39, 0.29) is 17.6 Å². The molecule has 1 heterocycles. The third-order valence-electron chi connectivity index (χ3n) is 2.99. The number of rotatable bonds is 4. The smallest absolute Gasteiger partial charge is 0.228 e. The van der Waals surface area contributed by atoms with Crippen molar-refractivity contribution in [1.82, 2.24) is 0 Å². The molecular formula is C13H16N2O2. The molecule has 1 aliphatic rings. The largest absolute Gasteiger partial charge is 0.330 e. The van der Waals surface area contributed by atoms with E-state index in [1.807, 2.05) is 6.92 Å². The molecule has 1 atom stereocenters. The van der Waals surface area contributed by atoms with E-state index >= 15 is 0 Å². The number of Topliss-reactive ketones (excluding diaryl/α,β-unsaturated/α-hetero) is 1. The van der Waals surface area contributed by atoms with Crippen LogP contribution in [0.5, 0.6) is 0 Å². The summed E-state index contributed by atoms with van der Waals surface area (Å²) in [5.74, 6) is 0.264. The highest BCUT2D eigenvalue weighted by atomic mass is 16.1. The molecule has 0 saturated heterocycles. The Morgan fingerprint density at radius 1 is 1.53 bits per heavy atom. The molecule has 0 saturated carbocycles. The van der Waals surface area contributed by atoms with Crippen LogP contribution < -0.4 is 11.1 Å². The lowest BCUT2D eigenvalue weighted by atomic mass is 9.98. The Hall–Kier alpha value is -1.68. The molecular weight excluding hydrogens is 216 g/mol. The zero-order valence-electron chi connectivity index (χ0n) is 9.82. The van der Waals surface area contributed by atoms with Crippen molar-refractivity contribution in [1.29, 1.82) is 0 Å². The van der Waals surface area contributed by atoms with Gasteiger partial charge in [0.1, 0.15) is 0 Å². The first-order valence-corrected chi connectivity index (χ1v) is 5.76. The minimum Gasteiger partial charge on any atom is -0.330 e. The highest BCUT2D eigenvalue weighted by Crippen LogP contribution is 2.24. The maximum Gasteiger partial charge on any atom is 0.228 e. The molecule has 0 aliphatic carbocycles. The van der Waals surface area contributed by atoms with Crippen molar-refractivity contribution in [3.63, 3.8) is 0 Å². The van der Waals surface area contributed by atoms with Gasteiger partial charge in [-0.15, -0.1) is 0 Å². The number of nitrogens with one attached hydrogen (secondary N) is 1. The highest BCUT2D eigenvalue weighted by Gasteiger charge is 2.19. The molecule has 1 unspecified atom stereocenters. The van der Waals surface area contributed by atoms with Crippen LogP contribution in [0.2, 0.25) is 0 Å². The van der Waals surface area contributed by atoms with Gasteiger partial charge >= 0.3 is 0 Å². The summed E-state index contributed by atoms with van der Waals surface area (Å²) < 4.78 is 0. The minimum absolute atomic E-state index is 0.0140. The molecule has 1 aliphatic heterocycles. The van der Waals surface area contributed by atoms with Crippen LogP contribution in [0.1, 0.15) is 29.3 Å². The third-order valence-corrected chi connectivity index (χ3v) is 2.99. The second-order valence-electron chi connectivity index (χ2n) is 4.57. The number of hydrogen-bond donors (Lipinski definition) is 2. The van der Waals surface area contributed by atoms with E-state index in [0.29, 0.717) is 24.9 Å². The van der Waals surface area contributed by atoms with E-state index in [0.717, 1.165) is 11.3 Å². The van der Waals surface area contributed by atoms with Crippen LogP contribution in [0.15, 0.2) is 18.2 Å². The van der Waals surface area contributed by atoms with E-state index in [1.54, 1.807) is 18.2 Å². The van der Waals surface area contributed by atoms with Crippen LogP contribution in [0, 0.1) is 5.92 Å². The topological polar surface area (TPSA) is 72.2 Å². The van der Waals surface area contributed by atoms with Crippen molar-refractivity contribution >= 4 is 17.4 Å². The summed E-state index contributed by atoms with van der Waals surface area (Å²) in [5.41, 5.74) is 7.89. The number of ketones is 1. The summed E-state index contributed by atoms with van der Waals surface area (Å²) in [6.45, 7) is 2.47. The zero-order valence-corrected chi connectivity index (χ0v) is 9.82. The van der Waals surface area contributed by atoms with Crippen molar-refractivity contribution in [3.05, 3.63) is 29.3 Å². The first-order chi connectivity index (χ1) is 8.10. The van der Waals surface area contributed by atoms with Crippen LogP contribution in [-0.2, 0) is 11.2 Å². The summed E-state index contributed by atoms with van der Waals surface area (Å²) >= 11 is 0. The van der Waals surface area contributed by atoms with Gasteiger partial charge in [0.05, 0.1) is 6.42 Å². The van der Waals surface area contributed by atoms with Gasteiger partial charge in [-0.05, 0) is 36.2 Å².